The third-order valence-electron chi connectivity index (χ3n) is 2.42. The molecule has 0 fully saturated rings. The summed E-state index contributed by atoms with van der Waals surface area (Å²) >= 11 is 0. The molecule has 0 saturated heterocycles. The lowest BCUT2D eigenvalue weighted by atomic mass is 10.2. The Bertz CT molecular complexity index is 381. The minimum atomic E-state index is -0.728. The second-order valence-electron chi connectivity index (χ2n) is 4.04. The fourth-order valence-corrected chi connectivity index (χ4v) is 1.96. The Balaban J connectivity index is 2.52. The van der Waals surface area contributed by atoms with Gasteiger partial charge in [0.25, 0.3) is 0 Å². The Morgan fingerprint density at radius 1 is 1.44 bits per heavy atom. The zero-order valence-electron chi connectivity index (χ0n) is 10.3. The van der Waals surface area contributed by atoms with Crippen LogP contribution in [0.15, 0.2) is 6.20 Å². The molecule has 0 aromatic carbocycles. The van der Waals surface area contributed by atoms with Gasteiger partial charge >= 0.3 is 0 Å². The zero-order chi connectivity index (χ0) is 12.1. The van der Waals surface area contributed by atoms with E-state index >= 15 is 0 Å². The highest BCUT2D eigenvalue weighted by atomic mass is 32.2. The zero-order valence-corrected chi connectivity index (χ0v) is 11.1. The number of nitrogens with one attached hydrogen (secondary N) is 1. The molecule has 1 aromatic heterocycles. The molecule has 0 bridgehead atoms. The van der Waals surface area contributed by atoms with Gasteiger partial charge < -0.3 is 5.32 Å². The van der Waals surface area contributed by atoms with Crippen LogP contribution in [0.25, 0.3) is 0 Å². The number of aryl methyl sites for hydroxylation is 2. The summed E-state index contributed by atoms with van der Waals surface area (Å²) < 4.78 is 11.0. The lowest BCUT2D eigenvalue weighted by Gasteiger charge is -2.14. The molecule has 0 amide bonds. The van der Waals surface area contributed by atoms with E-state index in [2.05, 4.69) is 22.2 Å². The van der Waals surface area contributed by atoms with E-state index in [-0.39, 0.29) is 6.04 Å². The Hall–Kier alpha value is -0.970. The summed E-state index contributed by atoms with van der Waals surface area (Å²) in [4.78, 5) is 8.63. The third kappa shape index (κ3) is 4.26. The number of hydrogen-bond donors (Lipinski definition) is 1. The highest BCUT2D eigenvalue weighted by Crippen LogP contribution is 2.08. The van der Waals surface area contributed by atoms with E-state index in [1.54, 1.807) is 12.5 Å². The van der Waals surface area contributed by atoms with Crippen molar-refractivity contribution in [2.45, 2.75) is 33.2 Å². The van der Waals surface area contributed by atoms with E-state index in [0.29, 0.717) is 5.75 Å². The predicted molar refractivity (Wildman–Crippen MR) is 68.1 cm³/mol. The Morgan fingerprint density at radius 3 is 2.69 bits per heavy atom. The van der Waals surface area contributed by atoms with Crippen molar-refractivity contribution in [1.82, 2.24) is 9.97 Å². The van der Waals surface area contributed by atoms with Crippen LogP contribution in [0, 0.1) is 13.8 Å². The van der Waals surface area contributed by atoms with Crippen molar-refractivity contribution in [3.8, 4) is 0 Å². The van der Waals surface area contributed by atoms with Gasteiger partial charge in [-0.05, 0) is 27.2 Å². The quantitative estimate of drug-likeness (QED) is 0.852. The van der Waals surface area contributed by atoms with Crippen LogP contribution in [0.1, 0.15) is 24.7 Å². The Morgan fingerprint density at radius 2 is 2.12 bits per heavy atom. The first kappa shape index (κ1) is 13.1. The number of rotatable bonds is 5. The molecule has 0 radical (unpaired) electrons. The van der Waals surface area contributed by atoms with Gasteiger partial charge in [0, 0.05) is 28.9 Å². The van der Waals surface area contributed by atoms with Gasteiger partial charge in [-0.25, -0.2) is 4.98 Å². The molecule has 0 spiro atoms. The van der Waals surface area contributed by atoms with E-state index in [1.165, 1.54) is 0 Å². The third-order valence-corrected chi connectivity index (χ3v) is 3.24. The summed E-state index contributed by atoms with van der Waals surface area (Å²) in [7, 11) is -0.728. The van der Waals surface area contributed by atoms with Gasteiger partial charge in [0.1, 0.15) is 5.82 Å². The summed E-state index contributed by atoms with van der Waals surface area (Å²) in [6.45, 7) is 5.94. The van der Waals surface area contributed by atoms with Crippen LogP contribution in [0.5, 0.6) is 0 Å². The normalized spacial score (nSPS) is 14.5. The molecule has 0 aliphatic carbocycles. The van der Waals surface area contributed by atoms with Gasteiger partial charge in [-0.3, -0.25) is 9.19 Å². The van der Waals surface area contributed by atoms with Gasteiger partial charge in [0.2, 0.25) is 0 Å². The van der Waals surface area contributed by atoms with E-state index < -0.39 is 10.8 Å². The molecule has 1 aromatic rings. The molecule has 0 saturated carbocycles. The lowest BCUT2D eigenvalue weighted by Crippen LogP contribution is -2.19. The van der Waals surface area contributed by atoms with Gasteiger partial charge in [0.05, 0.1) is 17.6 Å². The van der Waals surface area contributed by atoms with Gasteiger partial charge in [0.15, 0.2) is 0 Å². The topological polar surface area (TPSA) is 54.9 Å². The minimum Gasteiger partial charge on any atom is -0.366 e. The minimum absolute atomic E-state index is 0.264. The number of anilines is 1. The Labute approximate surface area is 99.3 Å². The van der Waals surface area contributed by atoms with E-state index in [9.17, 15) is 4.21 Å². The monoisotopic (exact) mass is 241 g/mol. The van der Waals surface area contributed by atoms with Crippen LogP contribution in [0.3, 0.4) is 0 Å². The van der Waals surface area contributed by atoms with E-state index in [4.69, 9.17) is 0 Å². The number of hydrogen-bond acceptors (Lipinski definition) is 4. The fraction of sp³-hybridized carbons (Fsp3) is 0.636. The van der Waals surface area contributed by atoms with Crippen LogP contribution < -0.4 is 5.32 Å². The molecule has 2 atom stereocenters. The SMILES string of the molecule is Cc1ncc(NC(C)CCS(C)=O)nc1C. The first-order chi connectivity index (χ1) is 7.49. The second-order valence-corrected chi connectivity index (χ2v) is 5.59. The highest BCUT2D eigenvalue weighted by molar-refractivity contribution is 7.84. The first-order valence-corrected chi connectivity index (χ1v) is 7.08. The summed E-state index contributed by atoms with van der Waals surface area (Å²) in [6.07, 6.45) is 4.34. The number of nitrogens with zero attached hydrogens (tertiary/aromatic N) is 2. The largest absolute Gasteiger partial charge is 0.366 e. The summed E-state index contributed by atoms with van der Waals surface area (Å²) in [5.74, 6) is 1.50. The molecule has 5 heteroatoms. The molecule has 2 unspecified atom stereocenters. The molecule has 0 aliphatic heterocycles. The highest BCUT2D eigenvalue weighted by Gasteiger charge is 2.05. The summed E-state index contributed by atoms with van der Waals surface area (Å²) in [6, 6.07) is 0.264. The molecule has 1 heterocycles. The Kier molecular flexibility index (Phi) is 4.86. The molecule has 0 aliphatic rings. The van der Waals surface area contributed by atoms with Crippen molar-refractivity contribution in [3.63, 3.8) is 0 Å². The maximum atomic E-state index is 11.0. The van der Waals surface area contributed by atoms with Crippen molar-refractivity contribution in [3.05, 3.63) is 17.6 Å². The first-order valence-electron chi connectivity index (χ1n) is 5.36. The van der Waals surface area contributed by atoms with Crippen LogP contribution in [-0.2, 0) is 10.8 Å². The van der Waals surface area contributed by atoms with Crippen LogP contribution in [-0.4, -0.2) is 32.2 Å². The molecular weight excluding hydrogens is 222 g/mol. The molecule has 90 valence electrons. The van der Waals surface area contributed by atoms with E-state index in [1.807, 2.05) is 13.8 Å². The molecule has 1 N–H and O–H groups in total. The maximum absolute atomic E-state index is 11.0. The van der Waals surface area contributed by atoms with Crippen molar-refractivity contribution in [2.75, 3.05) is 17.3 Å². The summed E-state index contributed by atoms with van der Waals surface area (Å²) in [5.41, 5.74) is 1.89. The average molecular weight is 241 g/mol. The molecule has 4 nitrogen and oxygen atoms in total. The maximum Gasteiger partial charge on any atom is 0.145 e. The number of aromatic nitrogens is 2. The average Bonchev–Trinajstić information content (AvgIpc) is 2.21. The van der Waals surface area contributed by atoms with Crippen molar-refractivity contribution in [2.24, 2.45) is 0 Å². The molecular formula is C11H19N3OS. The molecule has 16 heavy (non-hydrogen) atoms. The second kappa shape index (κ2) is 5.94. The van der Waals surface area contributed by atoms with Crippen LogP contribution in [0.2, 0.25) is 0 Å². The predicted octanol–water partition coefficient (Wildman–Crippen LogP) is 1.66. The van der Waals surface area contributed by atoms with Crippen molar-refractivity contribution in [1.29, 1.82) is 0 Å². The summed E-state index contributed by atoms with van der Waals surface area (Å²) in [5, 5.41) is 3.26. The van der Waals surface area contributed by atoms with E-state index in [0.717, 1.165) is 23.6 Å². The van der Waals surface area contributed by atoms with Crippen molar-refractivity contribution < 1.29 is 4.21 Å². The smallest absolute Gasteiger partial charge is 0.145 e. The van der Waals surface area contributed by atoms with Gasteiger partial charge in [-0.2, -0.15) is 0 Å². The molecule has 1 rings (SSSR count). The lowest BCUT2D eigenvalue weighted by molar-refractivity contribution is 0.678. The van der Waals surface area contributed by atoms with Gasteiger partial charge in [-0.15, -0.1) is 0 Å². The fourth-order valence-electron chi connectivity index (χ4n) is 1.28. The van der Waals surface area contributed by atoms with Crippen LogP contribution >= 0.6 is 0 Å². The van der Waals surface area contributed by atoms with Crippen molar-refractivity contribution >= 4 is 16.6 Å². The standard InChI is InChI=1S/C11H19N3OS/c1-8(5-6-16(4)15)13-11-7-12-9(2)10(3)14-11/h7-8H,5-6H2,1-4H3,(H,13,14). The van der Waals surface area contributed by atoms with Gasteiger partial charge in [-0.1, -0.05) is 0 Å². The van der Waals surface area contributed by atoms with Crippen LogP contribution in [0.4, 0.5) is 5.82 Å².